The van der Waals surface area contributed by atoms with Crippen LogP contribution in [0, 0.1) is 0 Å². The molecule has 1 atom stereocenters. The number of rotatable bonds is 6. The van der Waals surface area contributed by atoms with Gasteiger partial charge in [-0.1, -0.05) is 6.07 Å². The first kappa shape index (κ1) is 14.2. The van der Waals surface area contributed by atoms with Crippen molar-refractivity contribution >= 4 is 11.6 Å². The van der Waals surface area contributed by atoms with Crippen LogP contribution in [-0.4, -0.2) is 25.8 Å². The predicted molar refractivity (Wildman–Crippen MR) is 68.3 cm³/mol. The summed E-state index contributed by atoms with van der Waals surface area (Å²) >= 11 is 0. The second-order valence-corrected chi connectivity index (χ2v) is 4.18. The Morgan fingerprint density at radius 1 is 1.11 bits per heavy atom. The number of ketones is 2. The molecule has 18 heavy (non-hydrogen) atoms. The third-order valence-corrected chi connectivity index (χ3v) is 2.79. The van der Waals surface area contributed by atoms with Crippen LogP contribution in [0.3, 0.4) is 0 Å². The van der Waals surface area contributed by atoms with Gasteiger partial charge in [-0.2, -0.15) is 0 Å². The molecular formula is C14H18O4. The Bertz CT molecular complexity index is 451. The SMILES string of the molecule is COc1ccc(C(CC(C)=O)C(C)=O)cc1OC. The van der Waals surface area contributed by atoms with E-state index in [9.17, 15) is 9.59 Å². The quantitative estimate of drug-likeness (QED) is 0.777. The Balaban J connectivity index is 3.13. The van der Waals surface area contributed by atoms with Gasteiger partial charge < -0.3 is 9.47 Å². The molecule has 0 radical (unpaired) electrons. The van der Waals surface area contributed by atoms with Gasteiger partial charge in [0, 0.05) is 12.3 Å². The summed E-state index contributed by atoms with van der Waals surface area (Å²) in [6.07, 6.45) is 0.213. The first-order valence-corrected chi connectivity index (χ1v) is 5.71. The van der Waals surface area contributed by atoms with Crippen LogP contribution >= 0.6 is 0 Å². The molecule has 1 aromatic carbocycles. The van der Waals surface area contributed by atoms with Crippen LogP contribution in [0.2, 0.25) is 0 Å². The lowest BCUT2D eigenvalue weighted by Crippen LogP contribution is -2.12. The summed E-state index contributed by atoms with van der Waals surface area (Å²) in [6, 6.07) is 5.27. The number of benzene rings is 1. The molecule has 0 aliphatic heterocycles. The highest BCUT2D eigenvalue weighted by molar-refractivity contribution is 5.89. The van der Waals surface area contributed by atoms with Crippen molar-refractivity contribution in [2.24, 2.45) is 0 Å². The van der Waals surface area contributed by atoms with Crippen molar-refractivity contribution in [3.8, 4) is 11.5 Å². The van der Waals surface area contributed by atoms with Crippen molar-refractivity contribution in [3.63, 3.8) is 0 Å². The minimum absolute atomic E-state index is 0.00927. The molecule has 4 heteroatoms. The highest BCUT2D eigenvalue weighted by atomic mass is 16.5. The molecule has 0 bridgehead atoms. The number of carbonyl (C=O) groups is 2. The van der Waals surface area contributed by atoms with Crippen LogP contribution in [-0.2, 0) is 9.59 Å². The molecule has 1 rings (SSSR count). The van der Waals surface area contributed by atoms with Crippen LogP contribution in [0.1, 0.15) is 31.7 Å². The molecule has 0 amide bonds. The van der Waals surface area contributed by atoms with E-state index in [1.54, 1.807) is 25.3 Å². The maximum absolute atomic E-state index is 11.6. The highest BCUT2D eigenvalue weighted by Gasteiger charge is 2.20. The molecule has 0 heterocycles. The molecule has 1 unspecified atom stereocenters. The van der Waals surface area contributed by atoms with Gasteiger partial charge in [-0.15, -0.1) is 0 Å². The largest absolute Gasteiger partial charge is 0.493 e. The number of hydrogen-bond acceptors (Lipinski definition) is 4. The Kier molecular flexibility index (Phi) is 4.89. The summed E-state index contributed by atoms with van der Waals surface area (Å²) in [6.45, 7) is 2.97. The average Bonchev–Trinajstić information content (AvgIpc) is 2.34. The molecule has 0 fully saturated rings. The minimum Gasteiger partial charge on any atom is -0.493 e. The third kappa shape index (κ3) is 3.32. The second kappa shape index (κ2) is 6.19. The van der Waals surface area contributed by atoms with Crippen molar-refractivity contribution < 1.29 is 19.1 Å². The van der Waals surface area contributed by atoms with Gasteiger partial charge in [0.15, 0.2) is 11.5 Å². The number of Topliss-reactive ketones (excluding diaryl/α,β-unsaturated/α-hetero) is 2. The van der Waals surface area contributed by atoms with E-state index >= 15 is 0 Å². The number of ether oxygens (including phenoxy) is 2. The van der Waals surface area contributed by atoms with Gasteiger partial charge in [-0.3, -0.25) is 9.59 Å². The first-order valence-electron chi connectivity index (χ1n) is 5.71. The lowest BCUT2D eigenvalue weighted by atomic mass is 9.90. The van der Waals surface area contributed by atoms with Gasteiger partial charge in [0.25, 0.3) is 0 Å². The van der Waals surface area contributed by atoms with Gasteiger partial charge in [-0.05, 0) is 31.5 Å². The minimum atomic E-state index is -0.415. The molecule has 0 N–H and O–H groups in total. The van der Waals surface area contributed by atoms with Gasteiger partial charge in [0.1, 0.15) is 11.6 Å². The second-order valence-electron chi connectivity index (χ2n) is 4.18. The van der Waals surface area contributed by atoms with Gasteiger partial charge in [0.2, 0.25) is 0 Å². The molecule has 0 aromatic heterocycles. The number of hydrogen-bond donors (Lipinski definition) is 0. The lowest BCUT2D eigenvalue weighted by molar-refractivity contribution is -0.123. The maximum atomic E-state index is 11.6. The van der Waals surface area contributed by atoms with Crippen LogP contribution in [0.4, 0.5) is 0 Å². The van der Waals surface area contributed by atoms with Crippen molar-refractivity contribution in [1.29, 1.82) is 0 Å². The fourth-order valence-electron chi connectivity index (χ4n) is 1.85. The number of methoxy groups -OCH3 is 2. The van der Waals surface area contributed by atoms with Crippen LogP contribution < -0.4 is 9.47 Å². The molecule has 4 nitrogen and oxygen atoms in total. The summed E-state index contributed by atoms with van der Waals surface area (Å²) in [4.78, 5) is 22.8. The molecule has 0 spiro atoms. The molecule has 1 aromatic rings. The Morgan fingerprint density at radius 3 is 2.17 bits per heavy atom. The zero-order chi connectivity index (χ0) is 13.7. The van der Waals surface area contributed by atoms with Crippen molar-refractivity contribution in [2.45, 2.75) is 26.2 Å². The van der Waals surface area contributed by atoms with E-state index in [-0.39, 0.29) is 18.0 Å². The summed E-state index contributed by atoms with van der Waals surface area (Å²) in [5, 5.41) is 0. The van der Waals surface area contributed by atoms with Gasteiger partial charge >= 0.3 is 0 Å². The zero-order valence-electron chi connectivity index (χ0n) is 11.1. The predicted octanol–water partition coefficient (Wildman–Crippen LogP) is 2.36. The summed E-state index contributed by atoms with van der Waals surface area (Å²) in [7, 11) is 3.09. The summed E-state index contributed by atoms with van der Waals surface area (Å²) < 4.78 is 10.3. The van der Waals surface area contributed by atoms with E-state index in [2.05, 4.69) is 0 Å². The monoisotopic (exact) mass is 250 g/mol. The fraction of sp³-hybridized carbons (Fsp3) is 0.429. The van der Waals surface area contributed by atoms with Crippen LogP contribution in [0.5, 0.6) is 11.5 Å². The van der Waals surface area contributed by atoms with E-state index in [4.69, 9.17) is 9.47 Å². The maximum Gasteiger partial charge on any atom is 0.161 e. The van der Waals surface area contributed by atoms with Crippen LogP contribution in [0.15, 0.2) is 18.2 Å². The Morgan fingerprint density at radius 2 is 1.72 bits per heavy atom. The van der Waals surface area contributed by atoms with E-state index in [1.807, 2.05) is 0 Å². The standard InChI is InChI=1S/C14H18O4/c1-9(15)7-12(10(2)16)11-5-6-13(17-3)14(8-11)18-4/h5-6,8,12H,7H2,1-4H3. The van der Waals surface area contributed by atoms with Crippen molar-refractivity contribution in [3.05, 3.63) is 23.8 Å². The van der Waals surface area contributed by atoms with E-state index in [0.717, 1.165) is 5.56 Å². The van der Waals surface area contributed by atoms with Crippen LogP contribution in [0.25, 0.3) is 0 Å². The summed E-state index contributed by atoms with van der Waals surface area (Å²) in [5.41, 5.74) is 0.773. The summed E-state index contributed by atoms with van der Waals surface area (Å²) in [5.74, 6) is 0.709. The fourth-order valence-corrected chi connectivity index (χ4v) is 1.85. The molecule has 0 saturated heterocycles. The number of carbonyl (C=O) groups excluding carboxylic acids is 2. The smallest absolute Gasteiger partial charge is 0.161 e. The van der Waals surface area contributed by atoms with E-state index < -0.39 is 5.92 Å². The normalized spacial score (nSPS) is 11.8. The lowest BCUT2D eigenvalue weighted by Gasteiger charge is -2.15. The van der Waals surface area contributed by atoms with E-state index in [0.29, 0.717) is 11.5 Å². The van der Waals surface area contributed by atoms with Gasteiger partial charge in [-0.25, -0.2) is 0 Å². The topological polar surface area (TPSA) is 52.6 Å². The zero-order valence-corrected chi connectivity index (χ0v) is 11.1. The van der Waals surface area contributed by atoms with Gasteiger partial charge in [0.05, 0.1) is 14.2 Å². The Hall–Kier alpha value is -1.84. The molecule has 98 valence electrons. The Labute approximate surface area is 107 Å². The molecular weight excluding hydrogens is 232 g/mol. The molecule has 0 saturated carbocycles. The third-order valence-electron chi connectivity index (χ3n) is 2.79. The van der Waals surface area contributed by atoms with E-state index in [1.165, 1.54) is 21.0 Å². The average molecular weight is 250 g/mol. The highest BCUT2D eigenvalue weighted by Crippen LogP contribution is 2.32. The van der Waals surface area contributed by atoms with Crippen molar-refractivity contribution in [1.82, 2.24) is 0 Å². The molecule has 0 aliphatic rings. The first-order chi connectivity index (χ1) is 8.49. The molecule has 0 aliphatic carbocycles. The van der Waals surface area contributed by atoms with Crippen molar-refractivity contribution in [2.75, 3.05) is 14.2 Å².